The van der Waals surface area contributed by atoms with Gasteiger partial charge in [-0.25, -0.2) is 0 Å². The highest BCUT2D eigenvalue weighted by molar-refractivity contribution is 8.00. The van der Waals surface area contributed by atoms with Crippen LogP contribution < -0.4 is 20.3 Å². The minimum Gasteiger partial charge on any atom is -0.508 e. The lowest BCUT2D eigenvalue weighted by Gasteiger charge is -2.27. The van der Waals surface area contributed by atoms with Crippen molar-refractivity contribution in [2.75, 3.05) is 17.3 Å². The highest BCUT2D eigenvalue weighted by atomic mass is 32.2. The third kappa shape index (κ3) is 8.51. The molecule has 48 heavy (non-hydrogen) atoms. The average Bonchev–Trinajstić information content (AvgIpc) is 3.12. The molecule has 1 atom stereocenters. The Morgan fingerprint density at radius 1 is 0.812 bits per heavy atom. The van der Waals surface area contributed by atoms with E-state index in [-0.39, 0.29) is 22.6 Å². The Hall–Kier alpha value is -5.80. The number of carbonyl (C=O) groups is 3. The average molecular weight is 658 g/mol. The summed E-state index contributed by atoms with van der Waals surface area (Å²) in [7, 11) is 1.45. The molecule has 0 aliphatic rings. The van der Waals surface area contributed by atoms with E-state index >= 15 is 0 Å². The molecule has 0 radical (unpaired) electrons. The molecule has 242 valence electrons. The van der Waals surface area contributed by atoms with Crippen LogP contribution in [0.5, 0.6) is 11.5 Å². The third-order valence-corrected chi connectivity index (χ3v) is 8.70. The molecule has 0 saturated heterocycles. The minimum atomic E-state index is -0.558. The van der Waals surface area contributed by atoms with Crippen LogP contribution in [-0.2, 0) is 9.59 Å². The molecule has 5 aromatic carbocycles. The monoisotopic (exact) mass is 657 g/mol. The van der Waals surface area contributed by atoms with Crippen molar-refractivity contribution in [1.82, 2.24) is 5.32 Å². The van der Waals surface area contributed by atoms with Crippen LogP contribution in [0.4, 0.5) is 17.1 Å². The van der Waals surface area contributed by atoms with E-state index in [4.69, 9.17) is 4.74 Å². The number of thioether (sulfide) groups is 1. The number of carbonyl (C=O) groups excluding carboxylic acids is 3. The van der Waals surface area contributed by atoms with E-state index in [9.17, 15) is 19.5 Å². The van der Waals surface area contributed by atoms with Gasteiger partial charge in [0.05, 0.1) is 12.4 Å². The van der Waals surface area contributed by atoms with Gasteiger partial charge >= 0.3 is 0 Å². The van der Waals surface area contributed by atoms with Gasteiger partial charge in [-0.1, -0.05) is 61.5 Å². The van der Waals surface area contributed by atoms with Gasteiger partial charge in [0.15, 0.2) is 0 Å². The van der Waals surface area contributed by atoms with Crippen LogP contribution in [-0.4, -0.2) is 35.2 Å². The van der Waals surface area contributed by atoms with Crippen LogP contribution in [0.2, 0.25) is 0 Å². The maximum absolute atomic E-state index is 14.0. The molecule has 3 amide bonds. The second-order valence-corrected chi connectivity index (χ2v) is 11.9. The number of anilines is 3. The summed E-state index contributed by atoms with van der Waals surface area (Å²) in [5.74, 6) is -0.727. The van der Waals surface area contributed by atoms with E-state index in [1.807, 2.05) is 79.7 Å². The Morgan fingerprint density at radius 3 is 1.96 bits per heavy atom. The number of benzene rings is 5. The van der Waals surface area contributed by atoms with Crippen molar-refractivity contribution in [3.8, 4) is 11.5 Å². The van der Waals surface area contributed by atoms with E-state index in [0.29, 0.717) is 29.0 Å². The molecule has 0 aromatic heterocycles. The Kier molecular flexibility index (Phi) is 11.3. The lowest BCUT2D eigenvalue weighted by molar-refractivity contribution is -0.117. The van der Waals surface area contributed by atoms with Crippen molar-refractivity contribution in [2.45, 2.75) is 23.5 Å². The van der Waals surface area contributed by atoms with Gasteiger partial charge in [0, 0.05) is 39.2 Å². The molecule has 9 heteroatoms. The lowest BCUT2D eigenvalue weighted by atomic mass is 10.1. The van der Waals surface area contributed by atoms with E-state index in [1.54, 1.807) is 53.4 Å². The lowest BCUT2D eigenvalue weighted by Crippen LogP contribution is -2.34. The zero-order valence-corrected chi connectivity index (χ0v) is 27.3. The van der Waals surface area contributed by atoms with Gasteiger partial charge in [0.2, 0.25) is 5.91 Å². The predicted molar refractivity (Wildman–Crippen MR) is 192 cm³/mol. The van der Waals surface area contributed by atoms with Gasteiger partial charge in [-0.3, -0.25) is 19.3 Å². The molecule has 0 aliphatic carbocycles. The standard InChI is InChI=1S/C39H35N3O5S/c1-3-36(39(46)42(30-15-9-5-10-16-30)31-17-11-6-12-18-31)48-33-23-20-29(21-24-33)40-38(45)34(41-37(44)27-13-7-4-8-14-27)25-28-19-22-32(43)26-35(28)47-2/h4-26,36,43H,3H2,1-2H3,(H,40,45)(H,41,44)/b34-25-. The molecule has 0 heterocycles. The minimum absolute atomic E-state index is 0.00105. The number of nitrogens with zero attached hydrogens (tertiary/aromatic N) is 1. The molecule has 0 aliphatic heterocycles. The Morgan fingerprint density at radius 2 is 1.40 bits per heavy atom. The summed E-state index contributed by atoms with van der Waals surface area (Å²) in [6.45, 7) is 1.99. The van der Waals surface area contributed by atoms with Crippen molar-refractivity contribution >= 4 is 52.6 Å². The summed E-state index contributed by atoms with van der Waals surface area (Å²) >= 11 is 1.45. The SMILES string of the molecule is CCC(Sc1ccc(NC(=O)/C(=C/c2ccc(O)cc2OC)NC(=O)c2ccccc2)cc1)C(=O)N(c1ccccc1)c1ccccc1. The summed E-state index contributed by atoms with van der Waals surface area (Å²) in [6.07, 6.45) is 2.09. The van der Waals surface area contributed by atoms with E-state index < -0.39 is 11.8 Å². The highest BCUT2D eigenvalue weighted by Gasteiger charge is 2.26. The Bertz CT molecular complexity index is 1840. The number of phenols is 1. The number of methoxy groups -OCH3 is 1. The zero-order valence-electron chi connectivity index (χ0n) is 26.5. The number of hydrogen-bond donors (Lipinski definition) is 3. The molecule has 3 N–H and O–H groups in total. The quantitative estimate of drug-likeness (QED) is 0.0926. The third-order valence-electron chi connectivity index (χ3n) is 7.33. The Balaban J connectivity index is 1.34. The summed E-state index contributed by atoms with van der Waals surface area (Å²) in [5.41, 5.74) is 2.92. The van der Waals surface area contributed by atoms with Crippen LogP contribution in [0.25, 0.3) is 6.08 Å². The van der Waals surface area contributed by atoms with Gasteiger partial charge in [-0.05, 0) is 85.3 Å². The molecule has 5 aromatic rings. The van der Waals surface area contributed by atoms with Crippen molar-refractivity contribution in [3.63, 3.8) is 0 Å². The first kappa shape index (κ1) is 33.6. The molecule has 0 saturated carbocycles. The molecule has 8 nitrogen and oxygen atoms in total. The fourth-order valence-corrected chi connectivity index (χ4v) is 5.90. The normalized spacial score (nSPS) is 11.7. The fourth-order valence-electron chi connectivity index (χ4n) is 4.91. The van der Waals surface area contributed by atoms with Crippen molar-refractivity contribution in [1.29, 1.82) is 0 Å². The second kappa shape index (κ2) is 16.2. The number of ether oxygens (including phenoxy) is 1. The first-order chi connectivity index (χ1) is 23.4. The van der Waals surface area contributed by atoms with Crippen molar-refractivity contribution in [2.24, 2.45) is 0 Å². The largest absolute Gasteiger partial charge is 0.508 e. The van der Waals surface area contributed by atoms with E-state index in [0.717, 1.165) is 16.3 Å². The molecule has 1 unspecified atom stereocenters. The summed E-state index contributed by atoms with van der Waals surface area (Å²) in [5, 5.41) is 15.1. The molecular formula is C39H35N3O5S. The molecule has 0 fully saturated rings. The second-order valence-electron chi connectivity index (χ2n) is 10.6. The summed E-state index contributed by atoms with van der Waals surface area (Å²) in [4.78, 5) is 43.1. The van der Waals surface area contributed by atoms with Crippen LogP contribution >= 0.6 is 11.8 Å². The van der Waals surface area contributed by atoms with Gasteiger partial charge in [-0.2, -0.15) is 0 Å². The van der Waals surface area contributed by atoms with Crippen molar-refractivity contribution < 1.29 is 24.2 Å². The first-order valence-electron chi connectivity index (χ1n) is 15.3. The number of nitrogens with one attached hydrogen (secondary N) is 2. The number of phenolic OH excluding ortho intramolecular Hbond substituents is 1. The van der Waals surface area contributed by atoms with Crippen molar-refractivity contribution in [3.05, 3.63) is 150 Å². The molecule has 0 bridgehead atoms. The highest BCUT2D eigenvalue weighted by Crippen LogP contribution is 2.33. The molecular weight excluding hydrogens is 623 g/mol. The number of para-hydroxylation sites is 2. The maximum atomic E-state index is 14.0. The van der Waals surface area contributed by atoms with Gasteiger partial charge in [0.25, 0.3) is 11.8 Å². The number of rotatable bonds is 12. The summed E-state index contributed by atoms with van der Waals surface area (Å²) in [6, 6.07) is 39.4. The van der Waals surface area contributed by atoms with Crippen LogP contribution in [0.15, 0.2) is 144 Å². The first-order valence-corrected chi connectivity index (χ1v) is 16.2. The van der Waals surface area contributed by atoms with E-state index in [1.165, 1.54) is 37.1 Å². The smallest absolute Gasteiger partial charge is 0.272 e. The number of aromatic hydroxyl groups is 1. The maximum Gasteiger partial charge on any atom is 0.272 e. The van der Waals surface area contributed by atoms with Gasteiger partial charge < -0.3 is 20.5 Å². The van der Waals surface area contributed by atoms with E-state index in [2.05, 4.69) is 10.6 Å². The Labute approximate surface area is 284 Å². The summed E-state index contributed by atoms with van der Waals surface area (Å²) < 4.78 is 5.37. The van der Waals surface area contributed by atoms with Crippen LogP contribution in [0.1, 0.15) is 29.3 Å². The number of hydrogen-bond acceptors (Lipinski definition) is 6. The fraction of sp³-hybridized carbons (Fsp3) is 0.103. The number of amides is 3. The van der Waals surface area contributed by atoms with Crippen LogP contribution in [0, 0.1) is 0 Å². The molecule has 5 rings (SSSR count). The topological polar surface area (TPSA) is 108 Å². The predicted octanol–water partition coefficient (Wildman–Crippen LogP) is 8.05. The van der Waals surface area contributed by atoms with Gasteiger partial charge in [-0.15, -0.1) is 11.8 Å². The zero-order chi connectivity index (χ0) is 33.9. The van der Waals surface area contributed by atoms with Crippen LogP contribution in [0.3, 0.4) is 0 Å². The molecule has 0 spiro atoms. The van der Waals surface area contributed by atoms with Gasteiger partial charge in [0.1, 0.15) is 17.2 Å².